The topological polar surface area (TPSA) is 85.6 Å². The summed E-state index contributed by atoms with van der Waals surface area (Å²) < 4.78 is 5.99. The van der Waals surface area contributed by atoms with E-state index in [1.807, 2.05) is 26.0 Å². The molecule has 1 aliphatic heterocycles. The molecule has 0 radical (unpaired) electrons. The Morgan fingerprint density at radius 1 is 1.24 bits per heavy atom. The van der Waals surface area contributed by atoms with Crippen LogP contribution in [0.15, 0.2) is 34.4 Å². The van der Waals surface area contributed by atoms with E-state index in [4.69, 9.17) is 21.3 Å². The van der Waals surface area contributed by atoms with Gasteiger partial charge in [0.25, 0.3) is 5.69 Å². The SMILES string of the molecule is CC.CCOC(=O)N1CCC(=C2c3ccc(Cl)c([N+](=O)[O-])c3CCc3cc(Br)cnc32)CC1. The van der Waals surface area contributed by atoms with E-state index in [0.29, 0.717) is 50.9 Å². The molecule has 1 amide bonds. The highest BCUT2D eigenvalue weighted by Crippen LogP contribution is 2.43. The fourth-order valence-electron chi connectivity index (χ4n) is 4.36. The molecule has 0 saturated carbocycles. The van der Waals surface area contributed by atoms with E-state index in [1.165, 1.54) is 0 Å². The molecule has 0 spiro atoms. The number of ether oxygens (including phenoxy) is 1. The highest BCUT2D eigenvalue weighted by atomic mass is 79.9. The highest BCUT2D eigenvalue weighted by molar-refractivity contribution is 9.10. The van der Waals surface area contributed by atoms with Gasteiger partial charge in [-0.1, -0.05) is 37.1 Å². The monoisotopic (exact) mass is 535 g/mol. The van der Waals surface area contributed by atoms with E-state index >= 15 is 0 Å². The molecule has 1 fully saturated rings. The summed E-state index contributed by atoms with van der Waals surface area (Å²) in [5.41, 5.74) is 5.36. The molecule has 0 N–H and O–H groups in total. The maximum atomic E-state index is 12.1. The number of carbonyl (C=O) groups excluding carboxylic acids is 1. The van der Waals surface area contributed by atoms with Crippen molar-refractivity contribution in [1.82, 2.24) is 9.88 Å². The Bertz CT molecular complexity index is 1090. The fraction of sp³-hybridized carbons (Fsp3) is 0.417. The molecule has 9 heteroatoms. The lowest BCUT2D eigenvalue weighted by atomic mass is 9.88. The van der Waals surface area contributed by atoms with Crippen LogP contribution >= 0.6 is 27.5 Å². The van der Waals surface area contributed by atoms with E-state index in [2.05, 4.69) is 15.9 Å². The third-order valence-corrected chi connectivity index (χ3v) is 6.49. The first kappa shape index (κ1) is 25.2. The molecule has 0 bridgehead atoms. The zero-order valence-corrected chi connectivity index (χ0v) is 21.3. The average Bonchev–Trinajstić information content (AvgIpc) is 2.97. The molecule has 0 atom stereocenters. The maximum Gasteiger partial charge on any atom is 0.409 e. The fourth-order valence-corrected chi connectivity index (χ4v) is 4.98. The van der Waals surface area contributed by atoms with Crippen LogP contribution in [0.2, 0.25) is 5.02 Å². The largest absolute Gasteiger partial charge is 0.450 e. The molecule has 2 aromatic rings. The molecule has 33 heavy (non-hydrogen) atoms. The van der Waals surface area contributed by atoms with Crippen LogP contribution in [0.3, 0.4) is 0 Å². The smallest absolute Gasteiger partial charge is 0.409 e. The van der Waals surface area contributed by atoms with Crippen molar-refractivity contribution in [2.75, 3.05) is 19.7 Å². The van der Waals surface area contributed by atoms with E-state index < -0.39 is 4.92 Å². The first-order valence-electron chi connectivity index (χ1n) is 11.1. The van der Waals surface area contributed by atoms with Crippen LogP contribution in [-0.2, 0) is 17.6 Å². The van der Waals surface area contributed by atoms with Gasteiger partial charge in [-0.15, -0.1) is 0 Å². The Morgan fingerprint density at radius 2 is 1.94 bits per heavy atom. The molecule has 2 aliphatic rings. The summed E-state index contributed by atoms with van der Waals surface area (Å²) in [5.74, 6) is 0. The van der Waals surface area contributed by atoms with Crippen molar-refractivity contribution in [1.29, 1.82) is 0 Å². The zero-order chi connectivity index (χ0) is 24.1. The Morgan fingerprint density at radius 3 is 2.58 bits per heavy atom. The number of benzene rings is 1. The Balaban J connectivity index is 0.00000149. The molecule has 176 valence electrons. The Labute approximate surface area is 207 Å². The van der Waals surface area contributed by atoms with Crippen molar-refractivity contribution >= 4 is 44.9 Å². The first-order valence-corrected chi connectivity index (χ1v) is 12.3. The number of aryl methyl sites for hydroxylation is 1. The minimum atomic E-state index is -0.397. The Kier molecular flexibility index (Phi) is 8.48. The summed E-state index contributed by atoms with van der Waals surface area (Å²) in [5, 5.41) is 12.0. The molecule has 1 saturated heterocycles. The van der Waals surface area contributed by atoms with E-state index in [9.17, 15) is 14.9 Å². The summed E-state index contributed by atoms with van der Waals surface area (Å²) in [4.78, 5) is 29.9. The lowest BCUT2D eigenvalue weighted by Crippen LogP contribution is -2.37. The number of rotatable bonds is 2. The van der Waals surface area contributed by atoms with E-state index in [1.54, 1.807) is 24.1 Å². The van der Waals surface area contributed by atoms with Crippen LogP contribution in [-0.4, -0.2) is 40.6 Å². The van der Waals surface area contributed by atoms with Crippen molar-refractivity contribution in [3.63, 3.8) is 0 Å². The van der Waals surface area contributed by atoms with Gasteiger partial charge in [-0.2, -0.15) is 0 Å². The summed E-state index contributed by atoms with van der Waals surface area (Å²) in [6, 6.07) is 5.48. The van der Waals surface area contributed by atoms with Crippen LogP contribution in [0.5, 0.6) is 0 Å². The summed E-state index contributed by atoms with van der Waals surface area (Å²) in [6.07, 6.45) is 3.88. The standard InChI is InChI=1S/C22H21BrClN3O4.C2H6/c1-2-31-22(28)26-9-7-13(8-10-26)19-16-5-6-18(24)21(27(29)30)17(16)4-3-14-11-15(23)12-25-20(14)19;1-2/h5-6,11-12H,2-4,7-10H2,1H3;1-2H3. The molecule has 1 aliphatic carbocycles. The number of hydrogen-bond donors (Lipinski definition) is 0. The first-order chi connectivity index (χ1) is 15.9. The maximum absolute atomic E-state index is 12.1. The molecule has 0 unspecified atom stereocenters. The lowest BCUT2D eigenvalue weighted by Gasteiger charge is -2.29. The number of carbonyl (C=O) groups is 1. The average molecular weight is 537 g/mol. The van der Waals surface area contributed by atoms with Gasteiger partial charge in [0.15, 0.2) is 0 Å². The van der Waals surface area contributed by atoms with Gasteiger partial charge < -0.3 is 9.64 Å². The van der Waals surface area contributed by atoms with Gasteiger partial charge in [-0.25, -0.2) is 4.79 Å². The third kappa shape index (κ3) is 5.22. The second-order valence-corrected chi connectivity index (χ2v) is 8.83. The molecule has 2 heterocycles. The van der Waals surface area contributed by atoms with E-state index in [0.717, 1.165) is 32.4 Å². The number of fused-ring (bicyclic) bond motifs is 2. The van der Waals surface area contributed by atoms with Crippen molar-refractivity contribution in [2.45, 2.75) is 46.5 Å². The van der Waals surface area contributed by atoms with Gasteiger partial charge in [-0.05, 0) is 71.8 Å². The number of likely N-dealkylation sites (tertiary alicyclic amines) is 1. The second kappa shape index (κ2) is 11.1. The minimum Gasteiger partial charge on any atom is -0.450 e. The Hall–Kier alpha value is -2.45. The van der Waals surface area contributed by atoms with Crippen molar-refractivity contribution in [3.05, 3.63) is 72.0 Å². The molecule has 1 aromatic carbocycles. The van der Waals surface area contributed by atoms with Gasteiger partial charge in [0.2, 0.25) is 0 Å². The van der Waals surface area contributed by atoms with Crippen LogP contribution < -0.4 is 0 Å². The van der Waals surface area contributed by atoms with Crippen molar-refractivity contribution in [3.8, 4) is 0 Å². The number of nitro benzene ring substituents is 1. The number of hydrogen-bond acceptors (Lipinski definition) is 5. The predicted octanol–water partition coefficient (Wildman–Crippen LogP) is 6.58. The van der Waals surface area contributed by atoms with Gasteiger partial charge >= 0.3 is 6.09 Å². The molecular formula is C24H27BrClN3O4. The van der Waals surface area contributed by atoms with Crippen molar-refractivity contribution in [2.24, 2.45) is 0 Å². The quantitative estimate of drug-likeness (QED) is 0.319. The van der Waals surface area contributed by atoms with Gasteiger partial charge in [0.05, 0.1) is 17.2 Å². The number of halogens is 2. The third-order valence-electron chi connectivity index (χ3n) is 5.75. The van der Waals surface area contributed by atoms with Gasteiger partial charge in [0, 0.05) is 34.9 Å². The van der Waals surface area contributed by atoms with Crippen molar-refractivity contribution < 1.29 is 14.5 Å². The number of piperidine rings is 1. The van der Waals surface area contributed by atoms with Crippen LogP contribution in [0, 0.1) is 10.1 Å². The second-order valence-electron chi connectivity index (χ2n) is 7.51. The molecule has 4 rings (SSSR count). The summed E-state index contributed by atoms with van der Waals surface area (Å²) in [6.45, 7) is 7.20. The summed E-state index contributed by atoms with van der Waals surface area (Å²) >= 11 is 9.71. The highest BCUT2D eigenvalue weighted by Gasteiger charge is 2.31. The number of amides is 1. The minimum absolute atomic E-state index is 0.0342. The molecular weight excluding hydrogens is 510 g/mol. The van der Waals surface area contributed by atoms with Gasteiger partial charge in [-0.3, -0.25) is 15.1 Å². The number of aromatic nitrogens is 1. The number of nitrogens with zero attached hydrogens (tertiary/aromatic N) is 3. The van der Waals surface area contributed by atoms with E-state index in [-0.39, 0.29) is 16.8 Å². The zero-order valence-electron chi connectivity index (χ0n) is 19.0. The van der Waals surface area contributed by atoms with Crippen LogP contribution in [0.1, 0.15) is 56.0 Å². The lowest BCUT2D eigenvalue weighted by molar-refractivity contribution is -0.385. The predicted molar refractivity (Wildman–Crippen MR) is 133 cm³/mol. The van der Waals surface area contributed by atoms with Crippen LogP contribution in [0.4, 0.5) is 10.5 Å². The normalized spacial score (nSPS) is 15.0. The number of pyridine rings is 1. The molecule has 1 aromatic heterocycles. The van der Waals surface area contributed by atoms with Gasteiger partial charge in [0.1, 0.15) is 5.02 Å². The van der Waals surface area contributed by atoms with Crippen LogP contribution in [0.25, 0.3) is 5.57 Å². The number of nitro groups is 1. The summed E-state index contributed by atoms with van der Waals surface area (Å²) in [7, 11) is 0. The molecule has 7 nitrogen and oxygen atoms in total.